The van der Waals surface area contributed by atoms with E-state index in [1.807, 2.05) is 7.05 Å². The van der Waals surface area contributed by atoms with Crippen molar-refractivity contribution in [3.05, 3.63) is 11.4 Å². The molecule has 0 amide bonds. The summed E-state index contributed by atoms with van der Waals surface area (Å²) >= 11 is 0. The molecule has 1 unspecified atom stereocenters. The van der Waals surface area contributed by atoms with Gasteiger partial charge < -0.3 is 15.4 Å². The molecule has 0 spiro atoms. The van der Waals surface area contributed by atoms with Gasteiger partial charge in [0.2, 0.25) is 0 Å². The molecule has 1 fully saturated rings. The number of rotatable bonds is 6. The summed E-state index contributed by atoms with van der Waals surface area (Å²) in [7, 11) is 1.90. The molecular weight excluding hydrogens is 264 g/mol. The Labute approximate surface area is 127 Å². The molecule has 0 saturated carbocycles. The zero-order chi connectivity index (χ0) is 15.2. The first-order valence-corrected chi connectivity index (χ1v) is 8.03. The van der Waals surface area contributed by atoms with Crippen LogP contribution in [0.1, 0.15) is 56.8 Å². The predicted octanol–water partition coefficient (Wildman–Crippen LogP) is 3.32. The lowest BCUT2D eigenvalue weighted by Crippen LogP contribution is -2.22. The first kappa shape index (κ1) is 16.0. The van der Waals surface area contributed by atoms with Crippen molar-refractivity contribution in [2.45, 2.75) is 58.5 Å². The summed E-state index contributed by atoms with van der Waals surface area (Å²) in [6, 6.07) is 0. The molecule has 1 aliphatic heterocycles. The average molecular weight is 292 g/mol. The first-order chi connectivity index (χ1) is 10.1. The van der Waals surface area contributed by atoms with Crippen LogP contribution < -0.4 is 10.6 Å². The highest BCUT2D eigenvalue weighted by atomic mass is 16.5. The van der Waals surface area contributed by atoms with Gasteiger partial charge in [-0.1, -0.05) is 13.8 Å². The minimum Gasteiger partial charge on any atom is -0.378 e. The van der Waals surface area contributed by atoms with Crippen LogP contribution in [0, 0.1) is 6.92 Å². The zero-order valence-corrected chi connectivity index (χ0v) is 13.7. The summed E-state index contributed by atoms with van der Waals surface area (Å²) in [5.41, 5.74) is 1.08. The maximum Gasteiger partial charge on any atom is 0.135 e. The van der Waals surface area contributed by atoms with Crippen molar-refractivity contribution >= 4 is 11.6 Å². The van der Waals surface area contributed by atoms with Crippen molar-refractivity contribution in [3.8, 4) is 0 Å². The lowest BCUT2D eigenvalue weighted by molar-refractivity contribution is 0.0134. The van der Waals surface area contributed by atoms with E-state index in [0.29, 0.717) is 12.0 Å². The normalized spacial score (nSPS) is 18.8. The molecule has 118 valence electrons. The van der Waals surface area contributed by atoms with E-state index in [9.17, 15) is 0 Å². The second-order valence-electron chi connectivity index (χ2n) is 6.01. The van der Waals surface area contributed by atoms with Crippen LogP contribution in [0.25, 0.3) is 0 Å². The minimum absolute atomic E-state index is 0.319. The average Bonchev–Trinajstić information content (AvgIpc) is 2.49. The van der Waals surface area contributed by atoms with Crippen LogP contribution >= 0.6 is 0 Å². The van der Waals surface area contributed by atoms with Crippen molar-refractivity contribution in [2.24, 2.45) is 0 Å². The second kappa shape index (κ2) is 7.59. The van der Waals surface area contributed by atoms with Gasteiger partial charge in [-0.15, -0.1) is 0 Å². The van der Waals surface area contributed by atoms with Crippen molar-refractivity contribution in [1.29, 1.82) is 0 Å². The van der Waals surface area contributed by atoms with E-state index in [1.165, 1.54) is 19.3 Å². The van der Waals surface area contributed by atoms with Crippen molar-refractivity contribution < 1.29 is 4.74 Å². The highest BCUT2D eigenvalue weighted by Gasteiger charge is 2.15. The molecule has 1 atom stereocenters. The van der Waals surface area contributed by atoms with Gasteiger partial charge in [0.25, 0.3) is 0 Å². The smallest absolute Gasteiger partial charge is 0.135 e. The summed E-state index contributed by atoms with van der Waals surface area (Å²) in [6.07, 6.45) is 5.12. The molecule has 0 aliphatic carbocycles. The molecule has 2 rings (SSSR count). The van der Waals surface area contributed by atoms with E-state index in [1.54, 1.807) is 0 Å². The lowest BCUT2D eigenvalue weighted by atomic mass is 10.1. The monoisotopic (exact) mass is 292 g/mol. The first-order valence-electron chi connectivity index (χ1n) is 8.03. The fraction of sp³-hybridized carbons (Fsp3) is 0.750. The third-order valence-electron chi connectivity index (χ3n) is 3.95. The van der Waals surface area contributed by atoms with Crippen LogP contribution in [0.15, 0.2) is 0 Å². The van der Waals surface area contributed by atoms with Crippen LogP contribution in [0.5, 0.6) is 0 Å². The molecule has 1 saturated heterocycles. The van der Waals surface area contributed by atoms with Crippen molar-refractivity contribution in [1.82, 2.24) is 9.97 Å². The summed E-state index contributed by atoms with van der Waals surface area (Å²) in [5, 5.41) is 6.61. The Kier molecular flexibility index (Phi) is 5.79. The van der Waals surface area contributed by atoms with Gasteiger partial charge in [-0.25, -0.2) is 9.97 Å². The summed E-state index contributed by atoms with van der Waals surface area (Å²) < 4.78 is 5.77. The number of hydrogen-bond donors (Lipinski definition) is 2. The van der Waals surface area contributed by atoms with E-state index in [2.05, 4.69) is 41.4 Å². The topological polar surface area (TPSA) is 59.1 Å². The zero-order valence-electron chi connectivity index (χ0n) is 13.7. The van der Waals surface area contributed by atoms with Crippen LogP contribution in [0.4, 0.5) is 11.6 Å². The molecule has 2 heterocycles. The largest absolute Gasteiger partial charge is 0.378 e. The Morgan fingerprint density at radius 3 is 2.62 bits per heavy atom. The van der Waals surface area contributed by atoms with Gasteiger partial charge >= 0.3 is 0 Å². The lowest BCUT2D eigenvalue weighted by Gasteiger charge is -2.23. The van der Waals surface area contributed by atoms with E-state index in [4.69, 9.17) is 4.74 Å². The van der Waals surface area contributed by atoms with Crippen LogP contribution in [0.2, 0.25) is 0 Å². The van der Waals surface area contributed by atoms with Crippen LogP contribution in [-0.2, 0) is 4.74 Å². The number of anilines is 2. The van der Waals surface area contributed by atoms with Gasteiger partial charge in [0.1, 0.15) is 17.5 Å². The Bertz CT molecular complexity index is 456. The molecular formula is C16H28N4O. The molecule has 0 bridgehead atoms. The quantitative estimate of drug-likeness (QED) is 0.842. The molecule has 5 nitrogen and oxygen atoms in total. The Hall–Kier alpha value is -1.36. The molecule has 5 heteroatoms. The maximum atomic E-state index is 5.77. The van der Waals surface area contributed by atoms with Gasteiger partial charge in [-0.05, 0) is 32.6 Å². The van der Waals surface area contributed by atoms with E-state index in [0.717, 1.165) is 42.6 Å². The SMILES string of the molecule is CNc1nc(C(C)C)nc(NCCC2CCCCO2)c1C. The Balaban J connectivity index is 1.99. The minimum atomic E-state index is 0.319. The van der Waals surface area contributed by atoms with Crippen LogP contribution in [0.3, 0.4) is 0 Å². The molecule has 1 aliphatic rings. The molecule has 2 N–H and O–H groups in total. The second-order valence-corrected chi connectivity index (χ2v) is 6.01. The van der Waals surface area contributed by atoms with Gasteiger partial charge in [0.15, 0.2) is 0 Å². The molecule has 0 aromatic carbocycles. The van der Waals surface area contributed by atoms with Gasteiger partial charge in [0, 0.05) is 31.7 Å². The number of nitrogens with zero attached hydrogens (tertiary/aromatic N) is 2. The number of nitrogens with one attached hydrogen (secondary N) is 2. The fourth-order valence-electron chi connectivity index (χ4n) is 2.59. The molecule has 0 radical (unpaired) electrons. The van der Waals surface area contributed by atoms with Crippen LogP contribution in [-0.4, -0.2) is 36.3 Å². The van der Waals surface area contributed by atoms with Gasteiger partial charge in [-0.3, -0.25) is 0 Å². The highest BCUT2D eigenvalue weighted by molar-refractivity contribution is 5.57. The number of hydrogen-bond acceptors (Lipinski definition) is 5. The van der Waals surface area contributed by atoms with E-state index in [-0.39, 0.29) is 0 Å². The molecule has 1 aromatic rings. The highest BCUT2D eigenvalue weighted by Crippen LogP contribution is 2.23. The van der Waals surface area contributed by atoms with E-state index < -0.39 is 0 Å². The fourth-order valence-corrected chi connectivity index (χ4v) is 2.59. The van der Waals surface area contributed by atoms with Crippen molar-refractivity contribution in [2.75, 3.05) is 30.8 Å². The summed E-state index contributed by atoms with van der Waals surface area (Å²) in [4.78, 5) is 9.22. The standard InChI is InChI=1S/C16H28N4O/c1-11(2)14-19-15(17-4)12(3)16(20-14)18-9-8-13-7-5-6-10-21-13/h11,13H,5-10H2,1-4H3,(H2,17,18,19,20). The molecule has 1 aromatic heterocycles. The van der Waals surface area contributed by atoms with E-state index >= 15 is 0 Å². The Morgan fingerprint density at radius 1 is 1.24 bits per heavy atom. The number of ether oxygens (including phenoxy) is 1. The summed E-state index contributed by atoms with van der Waals surface area (Å²) in [6.45, 7) is 8.09. The summed E-state index contributed by atoms with van der Waals surface area (Å²) in [5.74, 6) is 3.04. The van der Waals surface area contributed by atoms with Gasteiger partial charge in [0.05, 0.1) is 6.10 Å². The third-order valence-corrected chi connectivity index (χ3v) is 3.95. The molecule has 21 heavy (non-hydrogen) atoms. The van der Waals surface area contributed by atoms with Crippen molar-refractivity contribution in [3.63, 3.8) is 0 Å². The Morgan fingerprint density at radius 2 is 2.00 bits per heavy atom. The third kappa shape index (κ3) is 4.30. The number of aromatic nitrogens is 2. The predicted molar refractivity (Wildman–Crippen MR) is 87.1 cm³/mol. The maximum absolute atomic E-state index is 5.77. The van der Waals surface area contributed by atoms with Gasteiger partial charge in [-0.2, -0.15) is 0 Å².